The second-order valence-electron chi connectivity index (χ2n) is 5.49. The normalized spacial score (nSPS) is 10.4. The largest absolute Gasteiger partial charge is 0.494 e. The molecule has 0 heterocycles. The van der Waals surface area contributed by atoms with E-state index in [1.807, 2.05) is 54.6 Å². The highest BCUT2D eigenvalue weighted by Crippen LogP contribution is 2.15. The van der Waals surface area contributed by atoms with Gasteiger partial charge in [-0.2, -0.15) is 0 Å². The second-order valence-corrected chi connectivity index (χ2v) is 5.49. The Hall–Kier alpha value is -2.09. The molecular weight excluding hydrogens is 272 g/mol. The van der Waals surface area contributed by atoms with Crippen molar-refractivity contribution in [3.63, 3.8) is 0 Å². The van der Waals surface area contributed by atoms with Crippen molar-refractivity contribution in [1.82, 2.24) is 0 Å². The van der Waals surface area contributed by atoms with E-state index < -0.39 is 0 Å². The topological polar surface area (TPSA) is 26.3 Å². The highest BCUT2D eigenvalue weighted by atomic mass is 16.5. The molecule has 0 bridgehead atoms. The molecule has 2 heteroatoms. The van der Waals surface area contributed by atoms with Gasteiger partial charge in [0.15, 0.2) is 5.78 Å². The predicted molar refractivity (Wildman–Crippen MR) is 90.6 cm³/mol. The van der Waals surface area contributed by atoms with Crippen molar-refractivity contribution < 1.29 is 9.53 Å². The lowest BCUT2D eigenvalue weighted by Gasteiger charge is -2.07. The zero-order chi connectivity index (χ0) is 15.6. The maximum atomic E-state index is 12.1. The molecular formula is C20H24O2. The number of ether oxygens (including phenoxy) is 1. The van der Waals surface area contributed by atoms with Gasteiger partial charge >= 0.3 is 0 Å². The van der Waals surface area contributed by atoms with E-state index in [1.165, 1.54) is 18.4 Å². The summed E-state index contributed by atoms with van der Waals surface area (Å²) in [6, 6.07) is 17.6. The van der Waals surface area contributed by atoms with Crippen LogP contribution in [0.2, 0.25) is 0 Å². The van der Waals surface area contributed by atoms with Crippen molar-refractivity contribution in [2.45, 2.75) is 39.0 Å². The van der Waals surface area contributed by atoms with E-state index in [0.29, 0.717) is 6.42 Å². The molecule has 0 radical (unpaired) electrons. The molecule has 0 aliphatic heterocycles. The molecule has 116 valence electrons. The highest BCUT2D eigenvalue weighted by molar-refractivity contribution is 5.96. The number of Topliss-reactive ketones (excluding diaryl/α,β-unsaturated/α-hetero) is 1. The van der Waals surface area contributed by atoms with Crippen LogP contribution in [-0.4, -0.2) is 12.4 Å². The van der Waals surface area contributed by atoms with Crippen LogP contribution in [0.25, 0.3) is 0 Å². The van der Waals surface area contributed by atoms with E-state index in [2.05, 4.69) is 6.92 Å². The lowest BCUT2D eigenvalue weighted by Crippen LogP contribution is -2.01. The first-order valence-corrected chi connectivity index (χ1v) is 8.09. The first-order valence-electron chi connectivity index (χ1n) is 8.09. The summed E-state index contributed by atoms with van der Waals surface area (Å²) in [7, 11) is 0. The Morgan fingerprint density at radius 3 is 2.36 bits per heavy atom. The van der Waals surface area contributed by atoms with Crippen LogP contribution in [0, 0.1) is 0 Å². The quantitative estimate of drug-likeness (QED) is 0.477. The van der Waals surface area contributed by atoms with Crippen LogP contribution < -0.4 is 4.74 Å². The summed E-state index contributed by atoms with van der Waals surface area (Å²) in [6.07, 6.45) is 4.83. The summed E-state index contributed by atoms with van der Waals surface area (Å²) < 4.78 is 5.69. The van der Waals surface area contributed by atoms with Gasteiger partial charge in [-0.05, 0) is 30.5 Å². The Labute approximate surface area is 133 Å². The molecule has 0 N–H and O–H groups in total. The lowest BCUT2D eigenvalue weighted by atomic mass is 10.0. The average molecular weight is 296 g/mol. The van der Waals surface area contributed by atoms with Gasteiger partial charge in [0, 0.05) is 12.0 Å². The van der Waals surface area contributed by atoms with E-state index >= 15 is 0 Å². The summed E-state index contributed by atoms with van der Waals surface area (Å²) in [5.74, 6) is 1.11. The van der Waals surface area contributed by atoms with E-state index in [-0.39, 0.29) is 5.78 Å². The molecule has 2 rings (SSSR count). The van der Waals surface area contributed by atoms with Crippen molar-refractivity contribution >= 4 is 5.78 Å². The molecule has 0 amide bonds. The van der Waals surface area contributed by atoms with Crippen LogP contribution in [0.3, 0.4) is 0 Å². The van der Waals surface area contributed by atoms with Crippen LogP contribution in [0.5, 0.6) is 5.75 Å². The molecule has 0 unspecified atom stereocenters. The van der Waals surface area contributed by atoms with Crippen LogP contribution in [0.1, 0.15) is 48.5 Å². The fourth-order valence-electron chi connectivity index (χ4n) is 2.32. The minimum Gasteiger partial charge on any atom is -0.494 e. The van der Waals surface area contributed by atoms with Gasteiger partial charge < -0.3 is 4.74 Å². The van der Waals surface area contributed by atoms with Crippen LogP contribution in [-0.2, 0) is 6.42 Å². The average Bonchev–Trinajstić information content (AvgIpc) is 2.58. The van der Waals surface area contributed by atoms with Gasteiger partial charge in [-0.1, -0.05) is 62.2 Å². The lowest BCUT2D eigenvalue weighted by molar-refractivity contribution is 0.0983. The van der Waals surface area contributed by atoms with Crippen LogP contribution >= 0.6 is 0 Å². The Morgan fingerprint density at radius 2 is 1.68 bits per heavy atom. The third kappa shape index (κ3) is 5.36. The molecule has 0 fully saturated rings. The van der Waals surface area contributed by atoms with Crippen LogP contribution in [0.15, 0.2) is 54.6 Å². The molecule has 0 atom stereocenters. The summed E-state index contributed by atoms with van der Waals surface area (Å²) in [4.78, 5) is 12.1. The van der Waals surface area contributed by atoms with Crippen LogP contribution in [0.4, 0.5) is 0 Å². The Balaban J connectivity index is 1.78. The Morgan fingerprint density at radius 1 is 0.955 bits per heavy atom. The van der Waals surface area contributed by atoms with Gasteiger partial charge in [0.25, 0.3) is 0 Å². The number of benzene rings is 2. The molecule has 2 aromatic carbocycles. The molecule has 0 aliphatic rings. The maximum absolute atomic E-state index is 12.1. The zero-order valence-corrected chi connectivity index (χ0v) is 13.3. The van der Waals surface area contributed by atoms with E-state index in [0.717, 1.165) is 30.8 Å². The number of carbonyl (C=O) groups is 1. The van der Waals surface area contributed by atoms with Gasteiger partial charge in [-0.15, -0.1) is 0 Å². The van der Waals surface area contributed by atoms with Gasteiger partial charge in [0.05, 0.1) is 6.61 Å². The SMILES string of the molecule is CCCCCOc1ccc(CCC(=O)c2ccccc2)cc1. The molecule has 2 nitrogen and oxygen atoms in total. The standard InChI is InChI=1S/C20H24O2/c1-2-3-7-16-22-19-13-10-17(11-14-19)12-15-20(21)18-8-5-4-6-9-18/h4-6,8-11,13-14H,2-3,7,12,15-16H2,1H3. The third-order valence-corrected chi connectivity index (χ3v) is 3.68. The molecule has 0 aliphatic carbocycles. The minimum atomic E-state index is 0.195. The van der Waals surface area contributed by atoms with Crippen molar-refractivity contribution in [3.8, 4) is 5.75 Å². The summed E-state index contributed by atoms with van der Waals surface area (Å²) in [5, 5.41) is 0. The summed E-state index contributed by atoms with van der Waals surface area (Å²) in [6.45, 7) is 2.96. The summed E-state index contributed by atoms with van der Waals surface area (Å²) in [5.41, 5.74) is 1.96. The molecule has 0 saturated carbocycles. The first kappa shape index (κ1) is 16.3. The van der Waals surface area contributed by atoms with E-state index in [4.69, 9.17) is 4.74 Å². The van der Waals surface area contributed by atoms with Gasteiger partial charge in [0.2, 0.25) is 0 Å². The molecule has 22 heavy (non-hydrogen) atoms. The number of hydrogen-bond donors (Lipinski definition) is 0. The molecule has 0 aromatic heterocycles. The summed E-state index contributed by atoms with van der Waals surface area (Å²) >= 11 is 0. The first-order chi connectivity index (χ1) is 10.8. The second kappa shape index (κ2) is 9.04. The number of carbonyl (C=O) groups excluding carboxylic acids is 1. The van der Waals surface area contributed by atoms with Gasteiger partial charge in [-0.3, -0.25) is 4.79 Å². The third-order valence-electron chi connectivity index (χ3n) is 3.68. The Kier molecular flexibility index (Phi) is 6.69. The van der Waals surface area contributed by atoms with Crippen molar-refractivity contribution in [2.75, 3.05) is 6.61 Å². The molecule has 0 saturated heterocycles. The minimum absolute atomic E-state index is 0.195. The number of rotatable bonds is 9. The maximum Gasteiger partial charge on any atom is 0.163 e. The molecule has 2 aromatic rings. The van der Waals surface area contributed by atoms with E-state index in [1.54, 1.807) is 0 Å². The monoisotopic (exact) mass is 296 g/mol. The number of aryl methyl sites for hydroxylation is 1. The highest BCUT2D eigenvalue weighted by Gasteiger charge is 2.05. The number of hydrogen-bond acceptors (Lipinski definition) is 2. The van der Waals surface area contributed by atoms with Crippen molar-refractivity contribution in [3.05, 3.63) is 65.7 Å². The number of unbranched alkanes of at least 4 members (excludes halogenated alkanes) is 2. The van der Waals surface area contributed by atoms with Crippen molar-refractivity contribution in [1.29, 1.82) is 0 Å². The van der Waals surface area contributed by atoms with Crippen molar-refractivity contribution in [2.24, 2.45) is 0 Å². The van der Waals surface area contributed by atoms with E-state index in [9.17, 15) is 4.79 Å². The number of ketones is 1. The molecule has 0 spiro atoms. The fourth-order valence-corrected chi connectivity index (χ4v) is 2.32. The predicted octanol–water partition coefficient (Wildman–Crippen LogP) is 5.07. The van der Waals surface area contributed by atoms with Gasteiger partial charge in [-0.25, -0.2) is 0 Å². The fraction of sp³-hybridized carbons (Fsp3) is 0.350. The Bertz CT molecular complexity index is 558. The smallest absolute Gasteiger partial charge is 0.163 e. The van der Waals surface area contributed by atoms with Gasteiger partial charge in [0.1, 0.15) is 5.75 Å². The zero-order valence-electron chi connectivity index (χ0n) is 13.3.